The van der Waals surface area contributed by atoms with Crippen molar-refractivity contribution in [3.05, 3.63) is 47.9 Å². The highest BCUT2D eigenvalue weighted by molar-refractivity contribution is 7.22. The third-order valence-corrected chi connectivity index (χ3v) is 3.64. The van der Waals surface area contributed by atoms with Crippen molar-refractivity contribution in [3.63, 3.8) is 0 Å². The van der Waals surface area contributed by atoms with Gasteiger partial charge in [-0.3, -0.25) is 10.1 Å². The Bertz CT molecular complexity index is 715. The number of thiazole rings is 1. The van der Waals surface area contributed by atoms with E-state index in [1.807, 2.05) is 24.3 Å². The molecule has 102 valence electrons. The quantitative estimate of drug-likeness (QED) is 0.800. The van der Waals surface area contributed by atoms with Crippen LogP contribution in [0.25, 0.3) is 10.2 Å². The van der Waals surface area contributed by atoms with Gasteiger partial charge in [-0.2, -0.15) is 0 Å². The number of benzene rings is 1. The predicted molar refractivity (Wildman–Crippen MR) is 77.0 cm³/mol. The first-order valence-corrected chi connectivity index (χ1v) is 6.82. The maximum absolute atomic E-state index is 12.0. The maximum Gasteiger partial charge on any atom is 0.293 e. The molecule has 1 aromatic carbocycles. The lowest BCUT2D eigenvalue weighted by molar-refractivity contribution is 0.0987. The van der Waals surface area contributed by atoms with Crippen LogP contribution in [0.1, 0.15) is 16.3 Å². The Morgan fingerprint density at radius 1 is 1.35 bits per heavy atom. The molecule has 2 heterocycles. The SMILES string of the molecule is COCc1ccc(C(=O)Nc2nc3ccccc3s2)o1. The Hall–Kier alpha value is -2.18. The van der Waals surface area contributed by atoms with Crippen molar-refractivity contribution >= 4 is 32.6 Å². The second-order valence-corrected chi connectivity index (χ2v) is 5.17. The summed E-state index contributed by atoms with van der Waals surface area (Å²) in [7, 11) is 1.57. The molecule has 1 amide bonds. The van der Waals surface area contributed by atoms with Gasteiger partial charge < -0.3 is 9.15 Å². The minimum Gasteiger partial charge on any atom is -0.453 e. The molecule has 3 rings (SSSR count). The predicted octanol–water partition coefficient (Wildman–Crippen LogP) is 3.29. The molecule has 0 radical (unpaired) electrons. The number of aromatic nitrogens is 1. The number of fused-ring (bicyclic) bond motifs is 1. The van der Waals surface area contributed by atoms with Gasteiger partial charge in [-0.25, -0.2) is 4.98 Å². The summed E-state index contributed by atoms with van der Waals surface area (Å²) in [5.41, 5.74) is 0.868. The number of amides is 1. The molecule has 0 aliphatic rings. The van der Waals surface area contributed by atoms with Crippen molar-refractivity contribution in [3.8, 4) is 0 Å². The molecule has 2 aromatic heterocycles. The van der Waals surface area contributed by atoms with E-state index in [0.29, 0.717) is 17.5 Å². The van der Waals surface area contributed by atoms with Gasteiger partial charge in [0.2, 0.25) is 0 Å². The molecule has 0 spiro atoms. The molecule has 0 unspecified atom stereocenters. The lowest BCUT2D eigenvalue weighted by Gasteiger charge is -1.97. The van der Waals surface area contributed by atoms with Gasteiger partial charge in [-0.1, -0.05) is 23.5 Å². The Labute approximate surface area is 119 Å². The monoisotopic (exact) mass is 288 g/mol. The van der Waals surface area contributed by atoms with Crippen LogP contribution in [0, 0.1) is 0 Å². The Morgan fingerprint density at radius 2 is 2.20 bits per heavy atom. The van der Waals surface area contributed by atoms with Crippen LogP contribution >= 0.6 is 11.3 Å². The summed E-state index contributed by atoms with van der Waals surface area (Å²) < 4.78 is 11.3. The zero-order valence-corrected chi connectivity index (χ0v) is 11.6. The second-order valence-electron chi connectivity index (χ2n) is 4.14. The van der Waals surface area contributed by atoms with Gasteiger partial charge in [-0.15, -0.1) is 0 Å². The van der Waals surface area contributed by atoms with Crippen LogP contribution < -0.4 is 5.32 Å². The maximum atomic E-state index is 12.0. The summed E-state index contributed by atoms with van der Waals surface area (Å²) in [5, 5.41) is 3.29. The molecular weight excluding hydrogens is 276 g/mol. The van der Waals surface area contributed by atoms with E-state index >= 15 is 0 Å². The number of ether oxygens (including phenoxy) is 1. The van der Waals surface area contributed by atoms with Gasteiger partial charge in [0.25, 0.3) is 5.91 Å². The van der Waals surface area contributed by atoms with Gasteiger partial charge in [0.05, 0.1) is 10.2 Å². The van der Waals surface area contributed by atoms with E-state index in [9.17, 15) is 4.79 Å². The number of hydrogen-bond donors (Lipinski definition) is 1. The fourth-order valence-corrected chi connectivity index (χ4v) is 2.67. The van der Waals surface area contributed by atoms with E-state index in [-0.39, 0.29) is 11.7 Å². The minimum absolute atomic E-state index is 0.247. The Balaban J connectivity index is 1.77. The summed E-state index contributed by atoms with van der Waals surface area (Å²) in [6.07, 6.45) is 0. The number of rotatable bonds is 4. The molecule has 0 aliphatic carbocycles. The van der Waals surface area contributed by atoms with Crippen molar-refractivity contribution in [2.45, 2.75) is 6.61 Å². The molecule has 3 aromatic rings. The Morgan fingerprint density at radius 3 is 3.00 bits per heavy atom. The van der Waals surface area contributed by atoms with Crippen molar-refractivity contribution in [2.75, 3.05) is 12.4 Å². The molecular formula is C14H12N2O3S. The number of furan rings is 1. The zero-order valence-electron chi connectivity index (χ0n) is 10.8. The van der Waals surface area contributed by atoms with E-state index < -0.39 is 0 Å². The summed E-state index contributed by atoms with van der Waals surface area (Å²) in [5.74, 6) is 0.546. The van der Waals surface area contributed by atoms with Crippen molar-refractivity contribution in [1.82, 2.24) is 4.98 Å². The number of nitrogens with zero attached hydrogens (tertiary/aromatic N) is 1. The summed E-state index contributed by atoms with van der Waals surface area (Å²) in [6, 6.07) is 11.1. The molecule has 1 N–H and O–H groups in total. The molecule has 6 heteroatoms. The first-order valence-electron chi connectivity index (χ1n) is 6.01. The van der Waals surface area contributed by atoms with E-state index in [2.05, 4.69) is 10.3 Å². The normalized spacial score (nSPS) is 10.8. The van der Waals surface area contributed by atoms with Crippen LogP contribution in [-0.2, 0) is 11.3 Å². The molecule has 0 fully saturated rings. The van der Waals surface area contributed by atoms with Crippen molar-refractivity contribution in [2.24, 2.45) is 0 Å². The van der Waals surface area contributed by atoms with Crippen LogP contribution in [0.15, 0.2) is 40.8 Å². The topological polar surface area (TPSA) is 64.4 Å². The van der Waals surface area contributed by atoms with Gasteiger partial charge in [0.1, 0.15) is 12.4 Å². The highest BCUT2D eigenvalue weighted by Gasteiger charge is 2.13. The third kappa shape index (κ3) is 2.56. The average Bonchev–Trinajstić information content (AvgIpc) is 3.04. The fraction of sp³-hybridized carbons (Fsp3) is 0.143. The molecule has 20 heavy (non-hydrogen) atoms. The molecule has 0 atom stereocenters. The lowest BCUT2D eigenvalue weighted by Crippen LogP contribution is -2.10. The van der Waals surface area contributed by atoms with Gasteiger partial charge in [-0.05, 0) is 24.3 Å². The molecule has 0 saturated carbocycles. The standard InChI is InChI=1S/C14H12N2O3S/c1-18-8-9-6-7-11(19-9)13(17)16-14-15-10-4-2-3-5-12(10)20-14/h2-7H,8H2,1H3,(H,15,16,17). The average molecular weight is 288 g/mol. The fourth-order valence-electron chi connectivity index (χ4n) is 1.80. The van der Waals surface area contributed by atoms with Crippen LogP contribution in [0.4, 0.5) is 5.13 Å². The van der Waals surface area contributed by atoms with Crippen LogP contribution in [-0.4, -0.2) is 18.0 Å². The molecule has 0 saturated heterocycles. The number of anilines is 1. The van der Waals surface area contributed by atoms with E-state index in [1.165, 1.54) is 11.3 Å². The van der Waals surface area contributed by atoms with Gasteiger partial charge >= 0.3 is 0 Å². The third-order valence-electron chi connectivity index (χ3n) is 2.69. The number of para-hydroxylation sites is 1. The first kappa shape index (κ1) is 12.8. The molecule has 5 nitrogen and oxygen atoms in total. The van der Waals surface area contributed by atoms with E-state index in [4.69, 9.17) is 9.15 Å². The highest BCUT2D eigenvalue weighted by atomic mass is 32.1. The van der Waals surface area contributed by atoms with E-state index in [0.717, 1.165) is 10.2 Å². The van der Waals surface area contributed by atoms with E-state index in [1.54, 1.807) is 19.2 Å². The highest BCUT2D eigenvalue weighted by Crippen LogP contribution is 2.25. The summed E-state index contributed by atoms with van der Waals surface area (Å²) in [6.45, 7) is 0.342. The van der Waals surface area contributed by atoms with Gasteiger partial charge in [0.15, 0.2) is 10.9 Å². The van der Waals surface area contributed by atoms with Gasteiger partial charge in [0, 0.05) is 7.11 Å². The number of nitrogens with one attached hydrogen (secondary N) is 1. The largest absolute Gasteiger partial charge is 0.453 e. The number of carbonyl (C=O) groups is 1. The van der Waals surface area contributed by atoms with Crippen LogP contribution in [0.5, 0.6) is 0 Å². The van der Waals surface area contributed by atoms with Crippen LogP contribution in [0.2, 0.25) is 0 Å². The van der Waals surface area contributed by atoms with Crippen LogP contribution in [0.3, 0.4) is 0 Å². The minimum atomic E-state index is -0.314. The second kappa shape index (κ2) is 5.44. The smallest absolute Gasteiger partial charge is 0.293 e. The van der Waals surface area contributed by atoms with Crippen molar-refractivity contribution < 1.29 is 13.9 Å². The first-order chi connectivity index (χ1) is 9.76. The van der Waals surface area contributed by atoms with Crippen molar-refractivity contribution in [1.29, 1.82) is 0 Å². The number of hydrogen-bond acceptors (Lipinski definition) is 5. The molecule has 0 aliphatic heterocycles. The molecule has 0 bridgehead atoms. The zero-order chi connectivity index (χ0) is 13.9. The summed E-state index contributed by atoms with van der Waals surface area (Å²) >= 11 is 1.43. The number of carbonyl (C=O) groups excluding carboxylic acids is 1. The lowest BCUT2D eigenvalue weighted by atomic mass is 10.3. The number of methoxy groups -OCH3 is 1. The summed E-state index contributed by atoms with van der Waals surface area (Å²) in [4.78, 5) is 16.4. The Kier molecular flexibility index (Phi) is 3.49.